The monoisotopic (exact) mass is 409 g/mol. The van der Waals surface area contributed by atoms with Gasteiger partial charge in [0.15, 0.2) is 0 Å². The van der Waals surface area contributed by atoms with E-state index in [0.717, 1.165) is 39.2 Å². The van der Waals surface area contributed by atoms with Crippen LogP contribution in [0.25, 0.3) is 22.5 Å². The zero-order valence-corrected chi connectivity index (χ0v) is 17.8. The molecule has 6 heteroatoms. The first kappa shape index (κ1) is 20.3. The summed E-state index contributed by atoms with van der Waals surface area (Å²) >= 11 is 0. The van der Waals surface area contributed by atoms with Crippen LogP contribution in [0.5, 0.6) is 0 Å². The average Bonchev–Trinajstić information content (AvgIpc) is 2.79. The Labute approximate surface area is 181 Å². The highest BCUT2D eigenvalue weighted by molar-refractivity contribution is 5.97. The summed E-state index contributed by atoms with van der Waals surface area (Å²) in [5.41, 5.74) is 6.89. The van der Waals surface area contributed by atoms with Crippen molar-refractivity contribution in [2.24, 2.45) is 0 Å². The lowest BCUT2D eigenvalue weighted by Crippen LogP contribution is -2.23. The fourth-order valence-electron chi connectivity index (χ4n) is 3.13. The van der Waals surface area contributed by atoms with Crippen LogP contribution in [0.4, 0.5) is 0 Å². The molecule has 0 saturated carbocycles. The number of aryl methyl sites for hydroxylation is 3. The summed E-state index contributed by atoms with van der Waals surface area (Å²) in [7, 11) is 0. The van der Waals surface area contributed by atoms with Gasteiger partial charge in [-0.1, -0.05) is 12.1 Å². The highest BCUT2D eigenvalue weighted by Crippen LogP contribution is 2.27. The highest BCUT2D eigenvalue weighted by atomic mass is 16.1. The first-order valence-electron chi connectivity index (χ1n) is 10.0. The summed E-state index contributed by atoms with van der Waals surface area (Å²) in [6.45, 7) is 6.17. The molecule has 0 spiro atoms. The molecule has 4 rings (SSSR count). The number of nitrogens with zero attached hydrogens (tertiary/aromatic N) is 4. The van der Waals surface area contributed by atoms with E-state index in [-0.39, 0.29) is 5.91 Å². The van der Waals surface area contributed by atoms with E-state index in [4.69, 9.17) is 0 Å². The Hall–Kier alpha value is -3.93. The Morgan fingerprint density at radius 1 is 0.742 bits per heavy atom. The second kappa shape index (κ2) is 8.83. The molecular weight excluding hydrogens is 386 g/mol. The predicted molar refractivity (Wildman–Crippen MR) is 120 cm³/mol. The Morgan fingerprint density at radius 3 is 1.77 bits per heavy atom. The van der Waals surface area contributed by atoms with Crippen LogP contribution in [0.15, 0.2) is 67.3 Å². The van der Waals surface area contributed by atoms with Gasteiger partial charge in [0.1, 0.15) is 5.82 Å². The van der Waals surface area contributed by atoms with Crippen LogP contribution in [0.1, 0.15) is 32.9 Å². The summed E-state index contributed by atoms with van der Waals surface area (Å²) in [4.78, 5) is 30.4. The summed E-state index contributed by atoms with van der Waals surface area (Å²) in [6.07, 6.45) is 7.08. The quantitative estimate of drug-likeness (QED) is 0.526. The van der Waals surface area contributed by atoms with Gasteiger partial charge in [-0.2, -0.15) is 0 Å². The maximum absolute atomic E-state index is 13.0. The van der Waals surface area contributed by atoms with E-state index >= 15 is 0 Å². The normalized spacial score (nSPS) is 10.7. The molecule has 6 nitrogen and oxygen atoms in total. The van der Waals surface area contributed by atoms with E-state index in [2.05, 4.69) is 25.3 Å². The van der Waals surface area contributed by atoms with E-state index in [0.29, 0.717) is 17.9 Å². The number of carbonyl (C=O) groups is 1. The lowest BCUT2D eigenvalue weighted by molar-refractivity contribution is 0.0951. The number of hydrogen-bond donors (Lipinski definition) is 1. The van der Waals surface area contributed by atoms with Gasteiger partial charge in [-0.3, -0.25) is 14.8 Å². The lowest BCUT2D eigenvalue weighted by atomic mass is 10.00. The minimum Gasteiger partial charge on any atom is -0.348 e. The summed E-state index contributed by atoms with van der Waals surface area (Å²) in [5, 5.41) is 2.95. The van der Waals surface area contributed by atoms with Crippen molar-refractivity contribution in [3.63, 3.8) is 0 Å². The molecule has 1 N–H and O–H groups in total. The van der Waals surface area contributed by atoms with Gasteiger partial charge in [-0.15, -0.1) is 0 Å². The maximum Gasteiger partial charge on any atom is 0.251 e. The van der Waals surface area contributed by atoms with Crippen molar-refractivity contribution in [1.82, 2.24) is 25.3 Å². The Bertz CT molecular complexity index is 1140. The molecule has 154 valence electrons. The smallest absolute Gasteiger partial charge is 0.251 e. The maximum atomic E-state index is 13.0. The molecule has 1 amide bonds. The molecule has 4 aromatic rings. The van der Waals surface area contributed by atoms with Crippen LogP contribution in [-0.2, 0) is 6.54 Å². The van der Waals surface area contributed by atoms with Gasteiger partial charge in [0.2, 0.25) is 0 Å². The summed E-state index contributed by atoms with van der Waals surface area (Å²) in [6, 6.07) is 13.7. The number of carbonyl (C=O) groups excluding carboxylic acids is 1. The van der Waals surface area contributed by atoms with Crippen molar-refractivity contribution in [2.75, 3.05) is 0 Å². The van der Waals surface area contributed by atoms with Crippen molar-refractivity contribution in [2.45, 2.75) is 27.3 Å². The van der Waals surface area contributed by atoms with Crippen LogP contribution >= 0.6 is 0 Å². The molecule has 0 aliphatic rings. The van der Waals surface area contributed by atoms with Crippen LogP contribution in [0.3, 0.4) is 0 Å². The lowest BCUT2D eigenvalue weighted by Gasteiger charge is -2.11. The fraction of sp³-hybridized carbons (Fsp3) is 0.160. The van der Waals surface area contributed by atoms with Crippen molar-refractivity contribution in [3.05, 3.63) is 95.3 Å². The number of aromatic nitrogens is 4. The number of rotatable bonds is 5. The van der Waals surface area contributed by atoms with Crippen molar-refractivity contribution >= 4 is 5.91 Å². The second-order valence-corrected chi connectivity index (χ2v) is 7.56. The van der Waals surface area contributed by atoms with Gasteiger partial charge in [-0.25, -0.2) is 9.97 Å². The van der Waals surface area contributed by atoms with Crippen LogP contribution in [0, 0.1) is 20.8 Å². The Balaban J connectivity index is 1.68. The Morgan fingerprint density at radius 2 is 1.29 bits per heavy atom. The third-order valence-electron chi connectivity index (χ3n) is 4.90. The minimum absolute atomic E-state index is 0.178. The number of pyridine rings is 2. The van der Waals surface area contributed by atoms with E-state index in [1.54, 1.807) is 12.4 Å². The van der Waals surface area contributed by atoms with E-state index in [1.807, 2.05) is 75.6 Å². The fourth-order valence-corrected chi connectivity index (χ4v) is 3.13. The molecule has 3 aromatic heterocycles. The molecular formula is C25H23N5O. The Kier molecular flexibility index (Phi) is 5.80. The van der Waals surface area contributed by atoms with Crippen molar-refractivity contribution in [3.8, 4) is 22.5 Å². The topological polar surface area (TPSA) is 80.7 Å². The van der Waals surface area contributed by atoms with Gasteiger partial charge in [0.05, 0.1) is 11.4 Å². The van der Waals surface area contributed by atoms with Gasteiger partial charge in [0, 0.05) is 53.6 Å². The largest absolute Gasteiger partial charge is 0.348 e. The van der Waals surface area contributed by atoms with Gasteiger partial charge in [0.25, 0.3) is 5.91 Å². The van der Waals surface area contributed by atoms with Crippen LogP contribution in [0.2, 0.25) is 0 Å². The molecule has 0 radical (unpaired) electrons. The van der Waals surface area contributed by atoms with Gasteiger partial charge < -0.3 is 5.32 Å². The first-order valence-corrected chi connectivity index (χ1v) is 10.0. The molecule has 0 aliphatic carbocycles. The first-order chi connectivity index (χ1) is 15.0. The van der Waals surface area contributed by atoms with Crippen LogP contribution in [-0.4, -0.2) is 25.8 Å². The molecule has 0 saturated heterocycles. The summed E-state index contributed by atoms with van der Waals surface area (Å²) < 4.78 is 0. The van der Waals surface area contributed by atoms with E-state index in [1.165, 1.54) is 0 Å². The average molecular weight is 409 g/mol. The zero-order chi connectivity index (χ0) is 21.8. The molecule has 0 fully saturated rings. The van der Waals surface area contributed by atoms with Gasteiger partial charge in [-0.05, 0) is 62.2 Å². The molecule has 0 bridgehead atoms. The third kappa shape index (κ3) is 4.98. The minimum atomic E-state index is -0.178. The van der Waals surface area contributed by atoms with E-state index < -0.39 is 0 Å². The number of amides is 1. The molecule has 3 heterocycles. The van der Waals surface area contributed by atoms with Gasteiger partial charge >= 0.3 is 0 Å². The van der Waals surface area contributed by atoms with Crippen LogP contribution < -0.4 is 5.32 Å². The molecule has 0 aliphatic heterocycles. The van der Waals surface area contributed by atoms with E-state index in [9.17, 15) is 4.79 Å². The molecule has 0 atom stereocenters. The SMILES string of the molecule is Cc1ccc(-c2cc(C(=O)NCc3cnc(C)nc3)cc(-c3ccc(C)cn3)c2)nc1. The van der Waals surface area contributed by atoms with Crippen molar-refractivity contribution in [1.29, 1.82) is 0 Å². The number of nitrogens with one attached hydrogen (secondary N) is 1. The summed E-state index contributed by atoms with van der Waals surface area (Å²) in [5.74, 6) is 0.520. The van der Waals surface area contributed by atoms with Crippen molar-refractivity contribution < 1.29 is 4.79 Å². The number of hydrogen-bond acceptors (Lipinski definition) is 5. The zero-order valence-electron chi connectivity index (χ0n) is 17.8. The second-order valence-electron chi connectivity index (χ2n) is 7.56. The standard InChI is InChI=1S/C25H23N5O/c1-16-4-6-23(28-11-16)20-8-21(24-7-5-17(2)12-29-24)10-22(9-20)25(31)30-15-19-13-26-18(3)27-14-19/h4-14H,15H2,1-3H3,(H,30,31). The highest BCUT2D eigenvalue weighted by Gasteiger charge is 2.13. The number of benzene rings is 1. The predicted octanol–water partition coefficient (Wildman–Crippen LogP) is 4.46. The molecule has 31 heavy (non-hydrogen) atoms. The molecule has 1 aromatic carbocycles. The molecule has 0 unspecified atom stereocenters. The third-order valence-corrected chi connectivity index (χ3v) is 4.90.